The zero-order valence-electron chi connectivity index (χ0n) is 32.6. The van der Waals surface area contributed by atoms with Gasteiger partial charge in [0.25, 0.3) is 0 Å². The van der Waals surface area contributed by atoms with Gasteiger partial charge in [-0.25, -0.2) is 23.7 Å². The number of carbonyl (C=O) groups excluding carboxylic acids is 3. The molecule has 302 valence electrons. The monoisotopic (exact) mass is 756 g/mol. The van der Waals surface area contributed by atoms with Crippen LogP contribution in [0.3, 0.4) is 0 Å². The van der Waals surface area contributed by atoms with E-state index in [4.69, 9.17) is 42.6 Å². The van der Waals surface area contributed by atoms with Crippen LogP contribution in [0.1, 0.15) is 98.2 Å². The molecule has 2 heterocycles. The second-order valence-electron chi connectivity index (χ2n) is 13.1. The molecule has 0 saturated carbocycles. The molecule has 0 unspecified atom stereocenters. The van der Waals surface area contributed by atoms with Crippen LogP contribution >= 0.6 is 0 Å². The summed E-state index contributed by atoms with van der Waals surface area (Å²) in [5.41, 5.74) is -0.614. The highest BCUT2D eigenvalue weighted by atomic mass is 16.6. The van der Waals surface area contributed by atoms with Crippen molar-refractivity contribution in [3.05, 3.63) is 23.3 Å². The van der Waals surface area contributed by atoms with Gasteiger partial charge in [0, 0.05) is 20.8 Å². The third-order valence-corrected chi connectivity index (χ3v) is 8.96. The van der Waals surface area contributed by atoms with Gasteiger partial charge in [-0.05, 0) is 44.9 Å². The molecule has 0 bridgehead atoms. The van der Waals surface area contributed by atoms with Gasteiger partial charge >= 0.3 is 17.9 Å². The Bertz CT molecular complexity index is 1330. The predicted molar refractivity (Wildman–Crippen MR) is 190 cm³/mol. The van der Waals surface area contributed by atoms with Crippen molar-refractivity contribution in [1.29, 1.82) is 0 Å². The van der Waals surface area contributed by atoms with Crippen LogP contribution in [0.4, 0.5) is 0 Å². The van der Waals surface area contributed by atoms with Crippen LogP contribution in [0, 0.1) is 5.41 Å². The van der Waals surface area contributed by atoms with Gasteiger partial charge in [-0.15, -0.1) is 10.2 Å². The maximum atomic E-state index is 13.1. The SMILES string of the molecule is CCC(C)(C)C(C)(C)n1cc(C(=O)OCCCCCCn2nnc(C(=O)OCCOCCOCCOC)c2C(=O)OCCOCCOCCOC)nn1. The van der Waals surface area contributed by atoms with Crippen molar-refractivity contribution in [3.8, 4) is 0 Å². The summed E-state index contributed by atoms with van der Waals surface area (Å²) in [6.45, 7) is 14.5. The number of hydrogen-bond donors (Lipinski definition) is 0. The second-order valence-corrected chi connectivity index (χ2v) is 13.1. The van der Waals surface area contributed by atoms with Crippen molar-refractivity contribution in [1.82, 2.24) is 30.0 Å². The molecule has 0 spiro atoms. The number of aromatic nitrogens is 6. The quantitative estimate of drug-likeness (QED) is 0.0618. The molecule has 0 aliphatic heterocycles. The lowest BCUT2D eigenvalue weighted by Crippen LogP contribution is -2.42. The first-order chi connectivity index (χ1) is 25.5. The Hall–Kier alpha value is -3.55. The number of hydrogen-bond acceptors (Lipinski definition) is 16. The van der Waals surface area contributed by atoms with Crippen LogP contribution in [-0.2, 0) is 54.7 Å². The molecule has 0 amide bonds. The van der Waals surface area contributed by atoms with E-state index in [0.717, 1.165) is 19.3 Å². The molecule has 2 aromatic heterocycles. The van der Waals surface area contributed by atoms with Gasteiger partial charge in [0.2, 0.25) is 5.69 Å². The van der Waals surface area contributed by atoms with Gasteiger partial charge in [0.05, 0.1) is 84.4 Å². The van der Waals surface area contributed by atoms with Gasteiger partial charge in [0.1, 0.15) is 13.2 Å². The molecule has 0 N–H and O–H groups in total. The zero-order valence-corrected chi connectivity index (χ0v) is 32.6. The fraction of sp³-hybridized carbons (Fsp3) is 0.800. The first-order valence-electron chi connectivity index (χ1n) is 18.2. The number of methoxy groups -OCH3 is 2. The molecule has 0 aliphatic carbocycles. The van der Waals surface area contributed by atoms with Crippen LogP contribution in [0.2, 0.25) is 0 Å². The van der Waals surface area contributed by atoms with Crippen molar-refractivity contribution in [2.45, 2.75) is 78.8 Å². The lowest BCUT2D eigenvalue weighted by Gasteiger charge is -2.40. The van der Waals surface area contributed by atoms with E-state index in [1.165, 1.54) is 4.68 Å². The van der Waals surface area contributed by atoms with E-state index >= 15 is 0 Å². The summed E-state index contributed by atoms with van der Waals surface area (Å²) < 4.78 is 50.5. The number of aryl methyl sites for hydroxylation is 1. The normalized spacial score (nSPS) is 11.9. The Morgan fingerprint density at radius 2 is 1.11 bits per heavy atom. The molecule has 2 aromatic rings. The molecule has 0 aliphatic rings. The van der Waals surface area contributed by atoms with E-state index < -0.39 is 17.9 Å². The molecule has 0 saturated heterocycles. The van der Waals surface area contributed by atoms with Gasteiger partial charge < -0.3 is 42.6 Å². The lowest BCUT2D eigenvalue weighted by molar-refractivity contribution is 0.00380. The van der Waals surface area contributed by atoms with Crippen molar-refractivity contribution < 1.29 is 57.0 Å². The van der Waals surface area contributed by atoms with Crippen LogP contribution in [0.25, 0.3) is 0 Å². The van der Waals surface area contributed by atoms with E-state index in [2.05, 4.69) is 55.2 Å². The molecule has 18 nitrogen and oxygen atoms in total. The van der Waals surface area contributed by atoms with E-state index in [0.29, 0.717) is 72.2 Å². The van der Waals surface area contributed by atoms with Crippen molar-refractivity contribution >= 4 is 17.9 Å². The number of rotatable bonds is 31. The Kier molecular flexibility index (Phi) is 21.9. The van der Waals surface area contributed by atoms with Gasteiger partial charge in [-0.1, -0.05) is 37.6 Å². The third kappa shape index (κ3) is 16.2. The molecule has 0 aromatic carbocycles. The van der Waals surface area contributed by atoms with Crippen molar-refractivity contribution in [2.24, 2.45) is 5.41 Å². The van der Waals surface area contributed by atoms with Gasteiger partial charge in [-0.2, -0.15) is 0 Å². The Labute approximate surface area is 312 Å². The maximum absolute atomic E-state index is 13.1. The smallest absolute Gasteiger partial charge is 0.361 e. The number of nitrogens with zero attached hydrogens (tertiary/aromatic N) is 6. The molecular formula is C35H60N6O12. The van der Waals surface area contributed by atoms with Crippen LogP contribution in [-0.4, -0.2) is 148 Å². The highest BCUT2D eigenvalue weighted by Gasteiger charge is 2.38. The summed E-state index contributed by atoms with van der Waals surface area (Å²) >= 11 is 0. The summed E-state index contributed by atoms with van der Waals surface area (Å²) in [6.07, 6.45) is 5.27. The van der Waals surface area contributed by atoms with E-state index in [1.807, 2.05) is 0 Å². The molecule has 53 heavy (non-hydrogen) atoms. The highest BCUT2D eigenvalue weighted by Crippen LogP contribution is 2.39. The summed E-state index contributed by atoms with van der Waals surface area (Å²) in [7, 11) is 3.18. The minimum atomic E-state index is -0.827. The molecule has 2 rings (SSSR count). The second kappa shape index (κ2) is 25.5. The first kappa shape index (κ1) is 45.6. The Morgan fingerprint density at radius 3 is 1.68 bits per heavy atom. The molecule has 0 radical (unpaired) electrons. The summed E-state index contributed by atoms with van der Waals surface area (Å²) in [5.74, 6) is -2.13. The van der Waals surface area contributed by atoms with E-state index in [1.54, 1.807) is 25.1 Å². The molecule has 0 atom stereocenters. The van der Waals surface area contributed by atoms with Crippen molar-refractivity contribution in [3.63, 3.8) is 0 Å². The summed E-state index contributed by atoms with van der Waals surface area (Å²) in [5, 5.41) is 16.2. The molecular weight excluding hydrogens is 696 g/mol. The van der Waals surface area contributed by atoms with Crippen molar-refractivity contribution in [2.75, 3.05) is 100 Å². The number of unbranched alkanes of at least 4 members (excludes halogenated alkanes) is 3. The van der Waals surface area contributed by atoms with E-state index in [-0.39, 0.29) is 61.1 Å². The summed E-state index contributed by atoms with van der Waals surface area (Å²) in [4.78, 5) is 38.6. The highest BCUT2D eigenvalue weighted by molar-refractivity contribution is 6.00. The molecule has 0 fully saturated rings. The van der Waals surface area contributed by atoms with Crippen LogP contribution in [0.5, 0.6) is 0 Å². The van der Waals surface area contributed by atoms with E-state index in [9.17, 15) is 14.4 Å². The minimum Gasteiger partial charge on any atom is -0.461 e. The number of ether oxygens (including phenoxy) is 9. The average molecular weight is 757 g/mol. The maximum Gasteiger partial charge on any atom is 0.361 e. The van der Waals surface area contributed by atoms with Gasteiger partial charge in [-0.3, -0.25) is 0 Å². The van der Waals surface area contributed by atoms with Gasteiger partial charge in [0.15, 0.2) is 11.4 Å². The Balaban J connectivity index is 1.84. The van der Waals surface area contributed by atoms with Crippen LogP contribution < -0.4 is 0 Å². The fourth-order valence-electron chi connectivity index (χ4n) is 4.59. The largest absolute Gasteiger partial charge is 0.461 e. The average Bonchev–Trinajstić information content (AvgIpc) is 3.82. The number of carbonyl (C=O) groups is 3. The number of esters is 3. The topological polar surface area (TPSA) is 196 Å². The third-order valence-electron chi connectivity index (χ3n) is 8.96. The summed E-state index contributed by atoms with van der Waals surface area (Å²) in [6, 6.07) is 0. The lowest BCUT2D eigenvalue weighted by atomic mass is 9.73. The Morgan fingerprint density at radius 1 is 0.604 bits per heavy atom. The molecule has 18 heteroatoms. The standard InChI is InChI=1S/C35H60N6O12/c1-8-34(2,3)35(4,5)41-27-28(36-39-41)31(42)51-14-12-10-9-11-13-40-30(33(44)53-26-24-50-22-20-48-18-16-46-7)29(37-38-40)32(43)52-25-23-49-21-19-47-17-15-45-6/h27H,8-26H2,1-7H3. The zero-order chi connectivity index (χ0) is 39.0. The predicted octanol–water partition coefficient (Wildman–Crippen LogP) is 3.13. The van der Waals surface area contributed by atoms with Crippen LogP contribution in [0.15, 0.2) is 6.20 Å². The fourth-order valence-corrected chi connectivity index (χ4v) is 4.59. The first-order valence-corrected chi connectivity index (χ1v) is 18.2. The minimum absolute atomic E-state index is 0.0552.